The smallest absolute Gasteiger partial charge is 0.371 e. The molecule has 1 N–H and O–H groups in total. The second kappa shape index (κ2) is 5.85. The summed E-state index contributed by atoms with van der Waals surface area (Å²) < 4.78 is 10.5. The van der Waals surface area contributed by atoms with Crippen molar-refractivity contribution in [3.63, 3.8) is 0 Å². The van der Waals surface area contributed by atoms with E-state index in [-0.39, 0.29) is 11.8 Å². The van der Waals surface area contributed by atoms with Crippen molar-refractivity contribution in [2.24, 2.45) is 0 Å². The fraction of sp³-hybridized carbons (Fsp3) is 0.312. The fourth-order valence-electron chi connectivity index (χ4n) is 2.39. The molecule has 2 heterocycles. The number of nitrogens with zero attached hydrogens (tertiary/aromatic N) is 3. The Balaban J connectivity index is 1.79. The van der Waals surface area contributed by atoms with E-state index in [1.54, 1.807) is 13.0 Å². The number of fused-ring (bicyclic) bond motifs is 1. The summed E-state index contributed by atoms with van der Waals surface area (Å²) in [5.74, 6) is 0.0595. The van der Waals surface area contributed by atoms with Gasteiger partial charge in [-0.3, -0.25) is 4.90 Å². The minimum Gasteiger partial charge on any atom is -0.475 e. The van der Waals surface area contributed by atoms with Gasteiger partial charge < -0.3 is 14.0 Å². The molecule has 0 saturated carbocycles. The summed E-state index contributed by atoms with van der Waals surface area (Å²) in [6, 6.07) is 7.14. The molecule has 0 aliphatic rings. The third kappa shape index (κ3) is 3.09. The topological polar surface area (TPSA) is 92.6 Å². The molecule has 120 valence electrons. The minimum atomic E-state index is -1.07. The van der Waals surface area contributed by atoms with Gasteiger partial charge in [-0.2, -0.15) is 4.98 Å². The number of carbonyl (C=O) groups is 1. The number of carboxylic acids is 1. The Hall–Kier alpha value is -2.67. The van der Waals surface area contributed by atoms with Crippen LogP contribution in [-0.4, -0.2) is 33.2 Å². The van der Waals surface area contributed by atoms with E-state index in [1.807, 2.05) is 26.1 Å². The molecule has 0 aliphatic heterocycles. The Labute approximate surface area is 132 Å². The van der Waals surface area contributed by atoms with E-state index in [4.69, 9.17) is 14.0 Å². The lowest BCUT2D eigenvalue weighted by Crippen LogP contribution is -2.22. The third-order valence-electron chi connectivity index (χ3n) is 3.79. The second-order valence-corrected chi connectivity index (χ2v) is 5.56. The van der Waals surface area contributed by atoms with E-state index in [0.717, 1.165) is 10.9 Å². The number of hydrogen-bond acceptors (Lipinski definition) is 6. The molecule has 7 heteroatoms. The van der Waals surface area contributed by atoms with Crippen LogP contribution >= 0.6 is 0 Å². The van der Waals surface area contributed by atoms with Crippen LogP contribution in [0.5, 0.6) is 0 Å². The first-order valence-corrected chi connectivity index (χ1v) is 7.20. The number of aryl methyl sites for hydroxylation is 1. The summed E-state index contributed by atoms with van der Waals surface area (Å²) in [7, 11) is 1.96. The zero-order chi connectivity index (χ0) is 16.6. The van der Waals surface area contributed by atoms with Gasteiger partial charge in [-0.05, 0) is 44.7 Å². The van der Waals surface area contributed by atoms with Crippen molar-refractivity contribution in [1.82, 2.24) is 15.0 Å². The molecule has 1 aromatic carbocycles. The lowest BCUT2D eigenvalue weighted by molar-refractivity contribution is 0.0665. The van der Waals surface area contributed by atoms with Gasteiger partial charge in [-0.1, -0.05) is 11.2 Å². The maximum absolute atomic E-state index is 11.0. The van der Waals surface area contributed by atoms with Crippen LogP contribution in [0.4, 0.5) is 0 Å². The molecule has 0 aliphatic carbocycles. The van der Waals surface area contributed by atoms with E-state index >= 15 is 0 Å². The number of benzene rings is 1. The summed E-state index contributed by atoms with van der Waals surface area (Å²) in [4.78, 5) is 17.3. The lowest BCUT2D eigenvalue weighted by Gasteiger charge is -2.21. The Kier molecular flexibility index (Phi) is 3.87. The maximum Gasteiger partial charge on any atom is 0.371 e. The molecular weight excluding hydrogens is 298 g/mol. The van der Waals surface area contributed by atoms with Gasteiger partial charge in [0.2, 0.25) is 11.7 Å². The summed E-state index contributed by atoms with van der Waals surface area (Å²) >= 11 is 0. The molecule has 7 nitrogen and oxygen atoms in total. The highest BCUT2D eigenvalue weighted by atomic mass is 16.5. The molecule has 23 heavy (non-hydrogen) atoms. The molecule has 0 spiro atoms. The van der Waals surface area contributed by atoms with Crippen LogP contribution in [0, 0.1) is 6.92 Å². The SMILES string of the molecule is Cc1noc(C(C)N(C)Cc2ccc3oc(C(=O)O)cc3c2)n1. The monoisotopic (exact) mass is 315 g/mol. The van der Waals surface area contributed by atoms with Crippen LogP contribution in [0.25, 0.3) is 11.0 Å². The van der Waals surface area contributed by atoms with Crippen molar-refractivity contribution in [1.29, 1.82) is 0 Å². The first kappa shape index (κ1) is 15.2. The summed E-state index contributed by atoms with van der Waals surface area (Å²) in [5, 5.41) is 13.6. The zero-order valence-electron chi connectivity index (χ0n) is 13.1. The Morgan fingerprint density at radius 1 is 1.39 bits per heavy atom. The van der Waals surface area contributed by atoms with Crippen LogP contribution in [-0.2, 0) is 6.54 Å². The molecule has 0 saturated heterocycles. The third-order valence-corrected chi connectivity index (χ3v) is 3.79. The first-order valence-electron chi connectivity index (χ1n) is 7.20. The molecule has 0 bridgehead atoms. The van der Waals surface area contributed by atoms with E-state index < -0.39 is 5.97 Å². The maximum atomic E-state index is 11.0. The summed E-state index contributed by atoms with van der Waals surface area (Å²) in [6.45, 7) is 4.44. The van der Waals surface area contributed by atoms with Crippen molar-refractivity contribution in [3.8, 4) is 0 Å². The fourth-order valence-corrected chi connectivity index (χ4v) is 2.39. The van der Waals surface area contributed by atoms with Crippen LogP contribution in [0.3, 0.4) is 0 Å². The standard InChI is InChI=1S/C16H17N3O4/c1-9(15-17-10(2)18-23-15)19(3)8-11-4-5-13-12(6-11)7-14(22-13)16(20)21/h4-7,9H,8H2,1-3H3,(H,20,21). The highest BCUT2D eigenvalue weighted by molar-refractivity contribution is 5.91. The van der Waals surface area contributed by atoms with Gasteiger partial charge in [-0.25, -0.2) is 4.79 Å². The zero-order valence-corrected chi connectivity index (χ0v) is 13.1. The van der Waals surface area contributed by atoms with E-state index in [9.17, 15) is 4.79 Å². The molecule has 3 rings (SSSR count). The van der Waals surface area contributed by atoms with Gasteiger partial charge in [0.25, 0.3) is 0 Å². The minimum absolute atomic E-state index is 0.0224. The largest absolute Gasteiger partial charge is 0.475 e. The number of rotatable bonds is 5. The highest BCUT2D eigenvalue weighted by Gasteiger charge is 2.18. The molecule has 0 amide bonds. The molecule has 0 radical (unpaired) electrons. The van der Waals surface area contributed by atoms with Crippen molar-refractivity contribution in [2.45, 2.75) is 26.4 Å². The highest BCUT2D eigenvalue weighted by Crippen LogP contribution is 2.24. The number of aromatic nitrogens is 2. The van der Waals surface area contributed by atoms with Crippen molar-refractivity contribution >= 4 is 16.9 Å². The molecular formula is C16H17N3O4. The van der Waals surface area contributed by atoms with Gasteiger partial charge in [0, 0.05) is 11.9 Å². The Morgan fingerprint density at radius 3 is 2.83 bits per heavy atom. The normalized spacial score (nSPS) is 12.9. The van der Waals surface area contributed by atoms with Gasteiger partial charge in [0.05, 0.1) is 6.04 Å². The van der Waals surface area contributed by atoms with Gasteiger partial charge in [0.15, 0.2) is 5.82 Å². The first-order chi connectivity index (χ1) is 10.9. The van der Waals surface area contributed by atoms with Crippen LogP contribution in [0.15, 0.2) is 33.2 Å². The number of aromatic carboxylic acids is 1. The molecule has 1 unspecified atom stereocenters. The second-order valence-electron chi connectivity index (χ2n) is 5.56. The van der Waals surface area contributed by atoms with Crippen molar-refractivity contribution in [3.05, 3.63) is 47.3 Å². The average molecular weight is 315 g/mol. The van der Waals surface area contributed by atoms with E-state index in [0.29, 0.717) is 23.8 Å². The Morgan fingerprint density at radius 2 is 2.17 bits per heavy atom. The van der Waals surface area contributed by atoms with E-state index in [2.05, 4.69) is 15.0 Å². The Bertz CT molecular complexity index is 852. The van der Waals surface area contributed by atoms with Crippen LogP contribution in [0.1, 0.15) is 40.8 Å². The van der Waals surface area contributed by atoms with Crippen LogP contribution in [0.2, 0.25) is 0 Å². The lowest BCUT2D eigenvalue weighted by atomic mass is 10.1. The molecule has 0 fully saturated rings. The predicted octanol–water partition coefficient (Wildman–Crippen LogP) is 3.02. The predicted molar refractivity (Wildman–Crippen MR) is 82.1 cm³/mol. The number of carboxylic acid groups (broad SMARTS) is 1. The van der Waals surface area contributed by atoms with E-state index in [1.165, 1.54) is 6.07 Å². The number of furan rings is 1. The van der Waals surface area contributed by atoms with Gasteiger partial charge in [0.1, 0.15) is 5.58 Å². The molecule has 2 aromatic heterocycles. The van der Waals surface area contributed by atoms with Gasteiger partial charge >= 0.3 is 5.97 Å². The summed E-state index contributed by atoms with van der Waals surface area (Å²) in [5.41, 5.74) is 1.61. The van der Waals surface area contributed by atoms with Crippen LogP contribution < -0.4 is 0 Å². The van der Waals surface area contributed by atoms with Crippen molar-refractivity contribution < 1.29 is 18.8 Å². The molecule has 1 atom stereocenters. The van der Waals surface area contributed by atoms with Crippen molar-refractivity contribution in [2.75, 3.05) is 7.05 Å². The average Bonchev–Trinajstić information content (AvgIpc) is 3.12. The van der Waals surface area contributed by atoms with Gasteiger partial charge in [-0.15, -0.1) is 0 Å². The number of hydrogen-bond donors (Lipinski definition) is 1. The quantitative estimate of drug-likeness (QED) is 0.773. The molecule has 3 aromatic rings. The summed E-state index contributed by atoms with van der Waals surface area (Å²) in [6.07, 6.45) is 0.